The largest absolute Gasteiger partial charge is 0.357 e. The summed E-state index contributed by atoms with van der Waals surface area (Å²) >= 11 is 6.28. The van der Waals surface area contributed by atoms with Crippen molar-refractivity contribution < 1.29 is 14.0 Å². The van der Waals surface area contributed by atoms with Gasteiger partial charge in [0.25, 0.3) is 5.91 Å². The van der Waals surface area contributed by atoms with Crippen LogP contribution in [0.5, 0.6) is 0 Å². The molecular formula is C23H31ClFN5O2. The van der Waals surface area contributed by atoms with Crippen molar-refractivity contribution in [3.8, 4) is 11.4 Å². The molecule has 1 aliphatic rings. The number of hydrogen-bond donors (Lipinski definition) is 2. The van der Waals surface area contributed by atoms with E-state index in [0.29, 0.717) is 35.2 Å². The maximum Gasteiger partial charge on any atom is 0.272 e. The number of rotatable bonds is 4. The number of amides is 2. The summed E-state index contributed by atoms with van der Waals surface area (Å²) < 4.78 is 16.8. The summed E-state index contributed by atoms with van der Waals surface area (Å²) in [5.41, 5.74) is 1.26. The fourth-order valence-electron chi connectivity index (χ4n) is 3.95. The van der Waals surface area contributed by atoms with Crippen LogP contribution in [0.1, 0.15) is 48.9 Å². The summed E-state index contributed by atoms with van der Waals surface area (Å²) in [5, 5.41) is 5.88. The van der Waals surface area contributed by atoms with E-state index in [0.717, 1.165) is 13.0 Å². The first-order chi connectivity index (χ1) is 14.9. The molecule has 9 heteroatoms. The van der Waals surface area contributed by atoms with Crippen molar-refractivity contribution >= 4 is 23.4 Å². The summed E-state index contributed by atoms with van der Waals surface area (Å²) in [5.74, 6) is -0.823. The van der Waals surface area contributed by atoms with Gasteiger partial charge in [-0.25, -0.2) is 9.37 Å². The lowest BCUT2D eigenvalue weighted by molar-refractivity contribution is -0.124. The highest BCUT2D eigenvalue weighted by atomic mass is 35.5. The third-order valence-electron chi connectivity index (χ3n) is 5.77. The molecule has 0 aliphatic carbocycles. The van der Waals surface area contributed by atoms with Gasteiger partial charge in [-0.2, -0.15) is 0 Å². The van der Waals surface area contributed by atoms with E-state index in [4.69, 9.17) is 11.6 Å². The average Bonchev–Trinajstić information content (AvgIpc) is 2.93. The first-order valence-corrected chi connectivity index (χ1v) is 11.1. The molecular weight excluding hydrogens is 433 g/mol. The molecule has 2 aromatic rings. The minimum atomic E-state index is -0.755. The first kappa shape index (κ1) is 24.2. The predicted molar refractivity (Wildman–Crippen MR) is 123 cm³/mol. The number of nitrogens with zero attached hydrogens (tertiary/aromatic N) is 3. The molecule has 0 fully saturated rings. The number of benzene rings is 1. The van der Waals surface area contributed by atoms with E-state index in [1.54, 1.807) is 13.0 Å². The highest BCUT2D eigenvalue weighted by Gasteiger charge is 2.35. The third-order valence-corrected chi connectivity index (χ3v) is 6.18. The third kappa shape index (κ3) is 4.81. The number of fused-ring (bicyclic) bond motifs is 1. The van der Waals surface area contributed by atoms with Crippen LogP contribution in [0.3, 0.4) is 0 Å². The molecule has 1 atom stereocenters. The SMILES string of the molecule is CNC(=O)C(NC(=O)c1nc(-c2cc(Cl)c(C)cc2F)n2c1CN(C)CCC2)C(C)(C)C. The van der Waals surface area contributed by atoms with Gasteiger partial charge in [-0.05, 0) is 50.0 Å². The Morgan fingerprint density at radius 2 is 1.94 bits per heavy atom. The summed E-state index contributed by atoms with van der Waals surface area (Å²) in [6.45, 7) is 9.29. The van der Waals surface area contributed by atoms with Gasteiger partial charge in [0.1, 0.15) is 17.7 Å². The second-order valence-electron chi connectivity index (χ2n) is 9.44. The van der Waals surface area contributed by atoms with Crippen LogP contribution < -0.4 is 10.6 Å². The molecule has 0 saturated carbocycles. The molecule has 1 aromatic heterocycles. The van der Waals surface area contributed by atoms with Gasteiger partial charge >= 0.3 is 0 Å². The number of aryl methyl sites for hydroxylation is 1. The van der Waals surface area contributed by atoms with E-state index >= 15 is 0 Å². The average molecular weight is 464 g/mol. The minimum Gasteiger partial charge on any atom is -0.357 e. The van der Waals surface area contributed by atoms with Crippen LogP contribution in [0.2, 0.25) is 5.02 Å². The van der Waals surface area contributed by atoms with Gasteiger partial charge in [0, 0.05) is 25.2 Å². The normalized spacial score (nSPS) is 15.6. The predicted octanol–water partition coefficient (Wildman–Crippen LogP) is 3.38. The van der Waals surface area contributed by atoms with Crippen LogP contribution >= 0.6 is 11.6 Å². The van der Waals surface area contributed by atoms with Crippen molar-refractivity contribution in [2.24, 2.45) is 5.41 Å². The highest BCUT2D eigenvalue weighted by Crippen LogP contribution is 2.31. The molecule has 2 amide bonds. The summed E-state index contributed by atoms with van der Waals surface area (Å²) in [4.78, 5) is 32.5. The summed E-state index contributed by atoms with van der Waals surface area (Å²) in [6, 6.07) is 2.18. The van der Waals surface area contributed by atoms with Gasteiger partial charge in [0.05, 0.1) is 11.3 Å². The number of nitrogens with one attached hydrogen (secondary N) is 2. The van der Waals surface area contributed by atoms with Gasteiger partial charge in [-0.1, -0.05) is 32.4 Å². The molecule has 1 aliphatic heterocycles. The van der Waals surface area contributed by atoms with Crippen LogP contribution in [-0.2, 0) is 17.9 Å². The molecule has 174 valence electrons. The maximum atomic E-state index is 14.9. The van der Waals surface area contributed by atoms with Crippen LogP contribution in [0.4, 0.5) is 4.39 Å². The zero-order valence-electron chi connectivity index (χ0n) is 19.5. The Bertz CT molecular complexity index is 1040. The number of halogens is 2. The number of likely N-dealkylation sites (N-methyl/N-ethyl adjacent to an activating group) is 1. The van der Waals surface area contributed by atoms with Gasteiger partial charge in [0.15, 0.2) is 5.69 Å². The van der Waals surface area contributed by atoms with Crippen molar-refractivity contribution in [2.75, 3.05) is 20.6 Å². The maximum absolute atomic E-state index is 14.9. The molecule has 0 saturated heterocycles. The van der Waals surface area contributed by atoms with Gasteiger partial charge < -0.3 is 20.1 Å². The van der Waals surface area contributed by atoms with E-state index in [-0.39, 0.29) is 17.2 Å². The van der Waals surface area contributed by atoms with Crippen molar-refractivity contribution in [1.29, 1.82) is 0 Å². The van der Waals surface area contributed by atoms with Crippen molar-refractivity contribution in [1.82, 2.24) is 25.1 Å². The number of carbonyl (C=O) groups is 2. The second kappa shape index (κ2) is 9.19. The molecule has 2 N–H and O–H groups in total. The van der Waals surface area contributed by atoms with Crippen molar-refractivity contribution in [3.63, 3.8) is 0 Å². The smallest absolute Gasteiger partial charge is 0.272 e. The Hall–Kier alpha value is -2.45. The van der Waals surface area contributed by atoms with E-state index in [9.17, 15) is 14.0 Å². The van der Waals surface area contributed by atoms with Gasteiger partial charge in [-0.3, -0.25) is 9.59 Å². The monoisotopic (exact) mass is 463 g/mol. The Kier molecular flexibility index (Phi) is 6.95. The molecule has 3 rings (SSSR count). The van der Waals surface area contributed by atoms with E-state index in [1.807, 2.05) is 32.4 Å². The molecule has 0 bridgehead atoms. The van der Waals surface area contributed by atoms with Crippen LogP contribution in [0, 0.1) is 18.2 Å². The fraction of sp³-hybridized carbons (Fsp3) is 0.522. The quantitative estimate of drug-likeness (QED) is 0.728. The Morgan fingerprint density at radius 1 is 1.25 bits per heavy atom. The molecule has 2 heterocycles. The van der Waals surface area contributed by atoms with Crippen LogP contribution in [-0.4, -0.2) is 52.9 Å². The highest BCUT2D eigenvalue weighted by molar-refractivity contribution is 6.31. The zero-order valence-corrected chi connectivity index (χ0v) is 20.2. The standard InChI is InChI=1S/C23H31ClFN5O2/c1-13-10-16(25)14(11-15(13)24)20-27-18(17-12-29(6)8-7-9-30(17)20)21(31)28-19(22(32)26-5)23(2,3)4/h10-11,19H,7-9,12H2,1-6H3,(H,26,32)(H,28,31). The molecule has 0 radical (unpaired) electrons. The summed E-state index contributed by atoms with van der Waals surface area (Å²) in [7, 11) is 3.50. The number of imidazole rings is 1. The van der Waals surface area contributed by atoms with Crippen molar-refractivity contribution in [3.05, 3.63) is 39.9 Å². The molecule has 1 aromatic carbocycles. The van der Waals surface area contributed by atoms with E-state index in [2.05, 4.69) is 20.5 Å². The minimum absolute atomic E-state index is 0.197. The molecule has 1 unspecified atom stereocenters. The van der Waals surface area contributed by atoms with Crippen molar-refractivity contribution in [2.45, 2.75) is 53.2 Å². The molecule has 0 spiro atoms. The molecule has 32 heavy (non-hydrogen) atoms. The Labute approximate surface area is 193 Å². The number of carbonyl (C=O) groups excluding carboxylic acids is 2. The Morgan fingerprint density at radius 3 is 2.56 bits per heavy atom. The zero-order chi connectivity index (χ0) is 23.8. The van der Waals surface area contributed by atoms with E-state index in [1.165, 1.54) is 13.1 Å². The molecule has 7 nitrogen and oxygen atoms in total. The number of hydrogen-bond acceptors (Lipinski definition) is 4. The van der Waals surface area contributed by atoms with Gasteiger partial charge in [0.2, 0.25) is 5.91 Å². The topological polar surface area (TPSA) is 79.3 Å². The van der Waals surface area contributed by atoms with Crippen LogP contribution in [0.15, 0.2) is 12.1 Å². The van der Waals surface area contributed by atoms with Gasteiger partial charge in [-0.15, -0.1) is 0 Å². The first-order valence-electron chi connectivity index (χ1n) is 10.7. The Balaban J connectivity index is 2.12. The summed E-state index contributed by atoms with van der Waals surface area (Å²) in [6.07, 6.45) is 0.831. The second-order valence-corrected chi connectivity index (χ2v) is 9.85. The van der Waals surface area contributed by atoms with Crippen LogP contribution in [0.25, 0.3) is 11.4 Å². The lowest BCUT2D eigenvalue weighted by atomic mass is 9.86. The van der Waals surface area contributed by atoms with E-state index < -0.39 is 23.2 Å². The lowest BCUT2D eigenvalue weighted by Crippen LogP contribution is -2.53. The fourth-order valence-corrected chi connectivity index (χ4v) is 4.11. The lowest BCUT2D eigenvalue weighted by Gasteiger charge is -2.29. The number of aromatic nitrogens is 2.